The monoisotopic (exact) mass is 346 g/mol. The Morgan fingerprint density at radius 2 is 2.23 bits per heavy atom. The van der Waals surface area contributed by atoms with Crippen LogP contribution in [0, 0.1) is 11.8 Å². The summed E-state index contributed by atoms with van der Waals surface area (Å²) in [6.45, 7) is 2.77. The first-order valence-corrected chi connectivity index (χ1v) is 9.65. The van der Waals surface area contributed by atoms with E-state index in [1.165, 1.54) is 23.1 Å². The van der Waals surface area contributed by atoms with Gasteiger partial charge in [0.15, 0.2) is 0 Å². The number of fused-ring (bicyclic) bond motifs is 1. The Bertz CT molecular complexity index is 811. The third-order valence-electron chi connectivity index (χ3n) is 5.41. The maximum Gasteiger partial charge on any atom is 0.224 e. The predicted octanol–water partition coefficient (Wildman–Crippen LogP) is 4.39. The second-order valence-electron chi connectivity index (χ2n) is 7.69. The number of allylic oxidation sites excluding steroid dienone is 7. The Balaban J connectivity index is 1.30. The van der Waals surface area contributed by atoms with Gasteiger partial charge < -0.3 is 5.32 Å². The van der Waals surface area contributed by atoms with E-state index in [1.54, 1.807) is 0 Å². The highest BCUT2D eigenvalue weighted by Gasteiger charge is 2.35. The Hall–Kier alpha value is -2.42. The Morgan fingerprint density at radius 3 is 3.04 bits per heavy atom. The van der Waals surface area contributed by atoms with E-state index in [0.29, 0.717) is 13.0 Å². The molecule has 1 amide bonds. The van der Waals surface area contributed by atoms with Crippen LogP contribution in [0.15, 0.2) is 59.9 Å². The van der Waals surface area contributed by atoms with Crippen molar-refractivity contribution < 1.29 is 4.79 Å². The summed E-state index contributed by atoms with van der Waals surface area (Å²) in [5, 5.41) is 3.05. The van der Waals surface area contributed by atoms with Crippen molar-refractivity contribution >= 4 is 11.5 Å². The Morgan fingerprint density at radius 1 is 1.31 bits per heavy atom. The number of carbonyl (C=O) groups excluding carboxylic acids is 1. The molecule has 1 heterocycles. The molecule has 2 atom stereocenters. The van der Waals surface area contributed by atoms with Crippen LogP contribution in [0.3, 0.4) is 0 Å². The van der Waals surface area contributed by atoms with Crippen LogP contribution in [0.2, 0.25) is 0 Å². The number of nitrogens with one attached hydrogen (secondary N) is 1. The minimum absolute atomic E-state index is 0.0592. The molecule has 134 valence electrons. The summed E-state index contributed by atoms with van der Waals surface area (Å²) in [5.41, 5.74) is 5.79. The summed E-state index contributed by atoms with van der Waals surface area (Å²) in [6.07, 6.45) is 18.1. The molecule has 2 unspecified atom stereocenters. The first-order chi connectivity index (χ1) is 12.7. The van der Waals surface area contributed by atoms with Crippen molar-refractivity contribution in [1.82, 2.24) is 10.3 Å². The van der Waals surface area contributed by atoms with Gasteiger partial charge in [0, 0.05) is 12.7 Å². The number of hydrogen-bond donors (Lipinski definition) is 1. The molecular weight excluding hydrogens is 320 g/mol. The van der Waals surface area contributed by atoms with Crippen LogP contribution in [0.25, 0.3) is 5.57 Å². The molecular formula is C23H26N2O. The second kappa shape index (κ2) is 7.45. The van der Waals surface area contributed by atoms with E-state index in [4.69, 9.17) is 0 Å². The van der Waals surface area contributed by atoms with Crippen LogP contribution >= 0.6 is 0 Å². The second-order valence-corrected chi connectivity index (χ2v) is 7.69. The highest BCUT2D eigenvalue weighted by molar-refractivity contribution is 5.79. The summed E-state index contributed by atoms with van der Waals surface area (Å²) >= 11 is 0. The van der Waals surface area contributed by atoms with Gasteiger partial charge in [-0.25, -0.2) is 0 Å². The van der Waals surface area contributed by atoms with E-state index in [2.05, 4.69) is 47.6 Å². The molecule has 0 aromatic carbocycles. The largest absolute Gasteiger partial charge is 0.352 e. The lowest BCUT2D eigenvalue weighted by atomic mass is 10.0. The zero-order valence-corrected chi connectivity index (χ0v) is 15.4. The molecule has 1 saturated carbocycles. The van der Waals surface area contributed by atoms with Crippen LogP contribution < -0.4 is 5.32 Å². The van der Waals surface area contributed by atoms with E-state index in [0.717, 1.165) is 42.4 Å². The quantitative estimate of drug-likeness (QED) is 0.859. The molecule has 0 bridgehead atoms. The van der Waals surface area contributed by atoms with E-state index < -0.39 is 0 Å². The minimum Gasteiger partial charge on any atom is -0.352 e. The predicted molar refractivity (Wildman–Crippen MR) is 105 cm³/mol. The van der Waals surface area contributed by atoms with Crippen LogP contribution in [0.1, 0.15) is 43.9 Å². The van der Waals surface area contributed by atoms with Gasteiger partial charge in [-0.15, -0.1) is 0 Å². The van der Waals surface area contributed by atoms with Gasteiger partial charge in [0.25, 0.3) is 0 Å². The van der Waals surface area contributed by atoms with Gasteiger partial charge >= 0.3 is 0 Å². The third-order valence-corrected chi connectivity index (χ3v) is 5.41. The number of carbonyl (C=O) groups is 1. The number of aromatic nitrogens is 1. The van der Waals surface area contributed by atoms with Crippen molar-refractivity contribution in [3.63, 3.8) is 0 Å². The number of pyridine rings is 1. The highest BCUT2D eigenvalue weighted by atomic mass is 16.1. The van der Waals surface area contributed by atoms with Crippen LogP contribution in [0.4, 0.5) is 0 Å². The summed E-state index contributed by atoms with van der Waals surface area (Å²) in [5.74, 6) is 1.55. The topological polar surface area (TPSA) is 42.0 Å². The van der Waals surface area contributed by atoms with Gasteiger partial charge in [-0.1, -0.05) is 47.6 Å². The van der Waals surface area contributed by atoms with Crippen molar-refractivity contribution in [2.24, 2.45) is 11.8 Å². The lowest BCUT2D eigenvalue weighted by Gasteiger charge is -2.09. The van der Waals surface area contributed by atoms with Gasteiger partial charge in [-0.3, -0.25) is 9.78 Å². The average Bonchev–Trinajstić information content (AvgIpc) is 3.44. The Kier molecular flexibility index (Phi) is 4.87. The molecule has 0 saturated heterocycles. The molecule has 0 spiro atoms. The van der Waals surface area contributed by atoms with Gasteiger partial charge in [0.05, 0.1) is 12.1 Å². The average molecular weight is 346 g/mol. The molecule has 1 N–H and O–H groups in total. The zero-order chi connectivity index (χ0) is 17.9. The van der Waals surface area contributed by atoms with Crippen LogP contribution in [-0.2, 0) is 11.2 Å². The molecule has 3 heteroatoms. The molecule has 3 aliphatic carbocycles. The highest BCUT2D eigenvalue weighted by Crippen LogP contribution is 2.45. The maximum atomic E-state index is 12.3. The lowest BCUT2D eigenvalue weighted by molar-refractivity contribution is -0.120. The zero-order valence-electron chi connectivity index (χ0n) is 15.4. The lowest BCUT2D eigenvalue weighted by Crippen LogP contribution is -2.27. The third kappa shape index (κ3) is 4.21. The first-order valence-electron chi connectivity index (χ1n) is 9.65. The minimum atomic E-state index is 0.0592. The SMILES string of the molecule is CC1=CCCCC(CNC(=O)Cc2ccc(C3=CC4CC4C=C3)nc2)=C1. The van der Waals surface area contributed by atoms with E-state index >= 15 is 0 Å². The molecule has 1 fully saturated rings. The molecule has 3 nitrogen and oxygen atoms in total. The molecule has 0 aliphatic heterocycles. The van der Waals surface area contributed by atoms with Gasteiger partial charge in [0.2, 0.25) is 5.91 Å². The van der Waals surface area contributed by atoms with Crippen molar-refractivity contribution in [2.45, 2.75) is 39.0 Å². The van der Waals surface area contributed by atoms with Crippen LogP contribution in [-0.4, -0.2) is 17.4 Å². The van der Waals surface area contributed by atoms with E-state index in [9.17, 15) is 4.79 Å². The first kappa shape index (κ1) is 17.0. The summed E-state index contributed by atoms with van der Waals surface area (Å²) in [7, 11) is 0. The van der Waals surface area contributed by atoms with E-state index in [1.807, 2.05) is 18.3 Å². The van der Waals surface area contributed by atoms with Gasteiger partial charge in [-0.05, 0) is 61.6 Å². The van der Waals surface area contributed by atoms with Crippen molar-refractivity contribution in [2.75, 3.05) is 6.54 Å². The standard InChI is InChI=1S/C23H26N2O/c1-16-4-2-3-5-17(10-16)15-25-23(26)11-18-6-9-22(24-14-18)20-8-7-19-12-21(19)13-20/h4,6-10,13-14,19,21H,2-3,5,11-12,15H2,1H3,(H,25,26). The molecule has 1 aromatic heterocycles. The van der Waals surface area contributed by atoms with Gasteiger partial charge in [0.1, 0.15) is 0 Å². The maximum absolute atomic E-state index is 12.3. The van der Waals surface area contributed by atoms with E-state index in [-0.39, 0.29) is 5.91 Å². The fourth-order valence-corrected chi connectivity index (χ4v) is 3.74. The fourth-order valence-electron chi connectivity index (χ4n) is 3.74. The molecule has 3 aliphatic rings. The molecule has 4 rings (SSSR count). The number of nitrogens with zero attached hydrogens (tertiary/aromatic N) is 1. The fraction of sp³-hybridized carbons (Fsp3) is 0.391. The summed E-state index contributed by atoms with van der Waals surface area (Å²) in [6, 6.07) is 4.05. The normalized spacial score (nSPS) is 24.0. The molecule has 26 heavy (non-hydrogen) atoms. The Labute approximate surface area is 155 Å². The summed E-state index contributed by atoms with van der Waals surface area (Å²) < 4.78 is 0. The summed E-state index contributed by atoms with van der Waals surface area (Å²) in [4.78, 5) is 16.8. The van der Waals surface area contributed by atoms with Crippen molar-refractivity contribution in [1.29, 1.82) is 0 Å². The van der Waals surface area contributed by atoms with Crippen molar-refractivity contribution in [3.8, 4) is 0 Å². The molecule has 1 aromatic rings. The smallest absolute Gasteiger partial charge is 0.224 e. The van der Waals surface area contributed by atoms with Crippen LogP contribution in [0.5, 0.6) is 0 Å². The number of hydrogen-bond acceptors (Lipinski definition) is 2. The van der Waals surface area contributed by atoms with Gasteiger partial charge in [-0.2, -0.15) is 0 Å². The number of rotatable bonds is 5. The number of amides is 1. The van der Waals surface area contributed by atoms with Crippen molar-refractivity contribution in [3.05, 3.63) is 71.1 Å². The molecule has 0 radical (unpaired) electrons.